The minimum absolute atomic E-state index is 0.297. The molecule has 0 bridgehead atoms. The van der Waals surface area contributed by atoms with Crippen LogP contribution in [0.4, 0.5) is 0 Å². The predicted molar refractivity (Wildman–Crippen MR) is 56.3 cm³/mol. The Bertz CT molecular complexity index is 196. The van der Waals surface area contributed by atoms with Crippen molar-refractivity contribution in [2.24, 2.45) is 0 Å². The molecule has 0 aliphatic rings. The summed E-state index contributed by atoms with van der Waals surface area (Å²) >= 11 is 0. The first-order valence-corrected chi connectivity index (χ1v) is 4.81. The number of hydrogen-bond donors (Lipinski definition) is 0. The molecule has 0 radical (unpaired) electrons. The molecule has 0 N–H and O–H groups in total. The maximum Gasteiger partial charge on any atom is 0.337 e. The Morgan fingerprint density at radius 1 is 1.00 bits per heavy atom. The Morgan fingerprint density at radius 2 is 1.62 bits per heavy atom. The molecule has 0 saturated heterocycles. The molecule has 16 heavy (non-hydrogen) atoms. The maximum atomic E-state index is 11.4. The Hall–Kier alpha value is -0.690. The van der Waals surface area contributed by atoms with Gasteiger partial charge in [-0.05, 0) is 0 Å². The highest BCUT2D eigenvalue weighted by Crippen LogP contribution is 2.12. The summed E-state index contributed by atoms with van der Waals surface area (Å²) in [6.07, 6.45) is -1.82. The quantitative estimate of drug-likeness (QED) is 0.546. The summed E-state index contributed by atoms with van der Waals surface area (Å²) in [7, 11) is 7.23. The molecule has 96 valence electrons. The fourth-order valence-corrected chi connectivity index (χ4v) is 1.41. The molecule has 0 aromatic heterocycles. The zero-order chi connectivity index (χ0) is 12.6. The van der Waals surface area contributed by atoms with E-state index in [0.717, 1.165) is 0 Å². The van der Waals surface area contributed by atoms with E-state index >= 15 is 0 Å². The summed E-state index contributed by atoms with van der Waals surface area (Å²) < 4.78 is 25.0. The van der Waals surface area contributed by atoms with Gasteiger partial charge in [0.1, 0.15) is 12.2 Å². The highest BCUT2D eigenvalue weighted by Gasteiger charge is 2.35. The van der Waals surface area contributed by atoms with E-state index in [9.17, 15) is 4.79 Å². The lowest BCUT2D eigenvalue weighted by Crippen LogP contribution is -2.47. The Kier molecular flexibility index (Phi) is 8.10. The van der Waals surface area contributed by atoms with Crippen molar-refractivity contribution in [3.8, 4) is 0 Å². The summed E-state index contributed by atoms with van der Waals surface area (Å²) in [6, 6.07) is 0. The van der Waals surface area contributed by atoms with Gasteiger partial charge >= 0.3 is 5.97 Å². The van der Waals surface area contributed by atoms with Crippen molar-refractivity contribution in [1.82, 2.24) is 0 Å². The van der Waals surface area contributed by atoms with Gasteiger partial charge in [-0.1, -0.05) is 0 Å². The first-order valence-electron chi connectivity index (χ1n) is 4.81. The van der Waals surface area contributed by atoms with Gasteiger partial charge in [-0.25, -0.2) is 4.79 Å². The maximum absolute atomic E-state index is 11.4. The molecule has 0 spiro atoms. The smallest absolute Gasteiger partial charge is 0.337 e. The van der Waals surface area contributed by atoms with E-state index in [-0.39, 0.29) is 0 Å². The molecule has 3 atom stereocenters. The normalized spacial score (nSPS) is 16.6. The molecule has 0 saturated carbocycles. The standard InChI is InChI=1S/C10H20O6/c1-12-6-7(13-2)8(14-3)9(15-4)10(11)16-5/h7-9H,6H2,1-5H3/t7-,8+,9-/m0/s1. The minimum Gasteiger partial charge on any atom is -0.467 e. The van der Waals surface area contributed by atoms with Crippen LogP contribution in [-0.2, 0) is 28.5 Å². The number of hydrogen-bond acceptors (Lipinski definition) is 6. The Labute approximate surface area is 95.8 Å². The number of rotatable bonds is 8. The van der Waals surface area contributed by atoms with Crippen molar-refractivity contribution < 1.29 is 28.5 Å². The van der Waals surface area contributed by atoms with Crippen LogP contribution in [-0.4, -0.2) is 66.4 Å². The van der Waals surface area contributed by atoms with Crippen LogP contribution in [0.3, 0.4) is 0 Å². The van der Waals surface area contributed by atoms with Crippen LogP contribution >= 0.6 is 0 Å². The molecule has 0 fully saturated rings. The average Bonchev–Trinajstić information content (AvgIpc) is 2.32. The van der Waals surface area contributed by atoms with Crippen LogP contribution < -0.4 is 0 Å². The van der Waals surface area contributed by atoms with Gasteiger partial charge < -0.3 is 23.7 Å². The summed E-state index contributed by atoms with van der Waals surface area (Å²) in [6.45, 7) is 0.297. The number of esters is 1. The van der Waals surface area contributed by atoms with Crippen molar-refractivity contribution in [2.75, 3.05) is 42.2 Å². The van der Waals surface area contributed by atoms with Crippen molar-refractivity contribution in [3.63, 3.8) is 0 Å². The average molecular weight is 236 g/mol. The molecule has 0 rings (SSSR count). The van der Waals surface area contributed by atoms with Crippen LogP contribution in [0.1, 0.15) is 0 Å². The van der Waals surface area contributed by atoms with Gasteiger partial charge in [-0.2, -0.15) is 0 Å². The molecule has 0 aromatic rings. The highest BCUT2D eigenvalue weighted by molar-refractivity contribution is 5.75. The number of methoxy groups -OCH3 is 5. The van der Waals surface area contributed by atoms with Crippen molar-refractivity contribution in [1.29, 1.82) is 0 Å². The van der Waals surface area contributed by atoms with Crippen LogP contribution in [0.5, 0.6) is 0 Å². The number of carbonyl (C=O) groups is 1. The second kappa shape index (κ2) is 8.46. The topological polar surface area (TPSA) is 63.2 Å². The van der Waals surface area contributed by atoms with Crippen LogP contribution in [0.2, 0.25) is 0 Å². The van der Waals surface area contributed by atoms with E-state index in [0.29, 0.717) is 6.61 Å². The number of carbonyl (C=O) groups excluding carboxylic acids is 1. The Balaban J connectivity index is 4.69. The zero-order valence-electron chi connectivity index (χ0n) is 10.4. The molecule has 6 heteroatoms. The molecule has 0 aliphatic heterocycles. The van der Waals surface area contributed by atoms with Gasteiger partial charge in [0.15, 0.2) is 6.10 Å². The van der Waals surface area contributed by atoms with Crippen molar-refractivity contribution in [3.05, 3.63) is 0 Å². The third-order valence-electron chi connectivity index (χ3n) is 2.26. The first kappa shape index (κ1) is 15.3. The molecule has 6 nitrogen and oxygen atoms in total. The van der Waals surface area contributed by atoms with E-state index in [2.05, 4.69) is 4.74 Å². The zero-order valence-corrected chi connectivity index (χ0v) is 10.4. The molecule has 0 aliphatic carbocycles. The van der Waals surface area contributed by atoms with Crippen LogP contribution in [0, 0.1) is 0 Å². The molecule has 0 heterocycles. The van der Waals surface area contributed by atoms with Gasteiger partial charge in [0, 0.05) is 28.4 Å². The third kappa shape index (κ3) is 4.05. The van der Waals surface area contributed by atoms with Gasteiger partial charge in [0.25, 0.3) is 0 Å². The van der Waals surface area contributed by atoms with Gasteiger partial charge in [0.05, 0.1) is 13.7 Å². The van der Waals surface area contributed by atoms with E-state index in [4.69, 9.17) is 18.9 Å². The summed E-state index contributed by atoms with van der Waals surface area (Å²) in [5, 5.41) is 0. The van der Waals surface area contributed by atoms with Crippen LogP contribution in [0.25, 0.3) is 0 Å². The third-order valence-corrected chi connectivity index (χ3v) is 2.26. The summed E-state index contributed by atoms with van der Waals surface area (Å²) in [4.78, 5) is 11.4. The van der Waals surface area contributed by atoms with Crippen LogP contribution in [0.15, 0.2) is 0 Å². The van der Waals surface area contributed by atoms with Gasteiger partial charge in [-0.15, -0.1) is 0 Å². The van der Waals surface area contributed by atoms with E-state index in [1.165, 1.54) is 28.4 Å². The summed E-state index contributed by atoms with van der Waals surface area (Å²) in [5.41, 5.74) is 0. The van der Waals surface area contributed by atoms with Crippen molar-refractivity contribution >= 4 is 5.97 Å². The molecular weight excluding hydrogens is 216 g/mol. The van der Waals surface area contributed by atoms with Crippen molar-refractivity contribution in [2.45, 2.75) is 18.3 Å². The Morgan fingerprint density at radius 3 is 1.94 bits per heavy atom. The first-order chi connectivity index (χ1) is 7.65. The lowest BCUT2D eigenvalue weighted by atomic mass is 10.1. The summed E-state index contributed by atoms with van der Waals surface area (Å²) in [5.74, 6) is -0.507. The second-order valence-corrected chi connectivity index (χ2v) is 3.11. The molecule has 0 unspecified atom stereocenters. The predicted octanol–water partition coefficient (Wildman–Crippen LogP) is -0.149. The highest BCUT2D eigenvalue weighted by atomic mass is 16.6. The SMILES string of the molecule is COC[C@H](OC)[C@@H](OC)[C@H](OC)C(=O)OC. The lowest BCUT2D eigenvalue weighted by Gasteiger charge is -2.28. The molecule has 0 amide bonds. The monoisotopic (exact) mass is 236 g/mol. The number of ether oxygens (including phenoxy) is 5. The fourth-order valence-electron chi connectivity index (χ4n) is 1.41. The molecular formula is C10H20O6. The lowest BCUT2D eigenvalue weighted by molar-refractivity contribution is -0.172. The van der Waals surface area contributed by atoms with E-state index in [1.807, 2.05) is 0 Å². The van der Waals surface area contributed by atoms with Gasteiger partial charge in [-0.3, -0.25) is 0 Å². The fraction of sp³-hybridized carbons (Fsp3) is 0.900. The van der Waals surface area contributed by atoms with E-state index in [1.54, 1.807) is 7.11 Å². The second-order valence-electron chi connectivity index (χ2n) is 3.11. The van der Waals surface area contributed by atoms with Gasteiger partial charge in [0.2, 0.25) is 0 Å². The minimum atomic E-state index is -0.838. The molecule has 0 aromatic carbocycles. The largest absolute Gasteiger partial charge is 0.467 e. The van der Waals surface area contributed by atoms with E-state index < -0.39 is 24.3 Å².